The Morgan fingerprint density at radius 2 is 0.929 bits per heavy atom. The van der Waals surface area contributed by atoms with Crippen LogP contribution in [0.1, 0.15) is 0 Å². The van der Waals surface area contributed by atoms with Crippen LogP contribution in [-0.2, 0) is 4.79 Å². The summed E-state index contributed by atoms with van der Waals surface area (Å²) in [5, 5.41) is 13.2. The lowest BCUT2D eigenvalue weighted by Crippen LogP contribution is -2.52. The molecule has 0 heterocycles. The van der Waals surface area contributed by atoms with Crippen molar-refractivity contribution in [3.8, 4) is 0 Å². The van der Waals surface area contributed by atoms with Gasteiger partial charge in [-0.2, -0.15) is 0 Å². The number of hydrogen-bond acceptors (Lipinski definition) is 1. The van der Waals surface area contributed by atoms with Gasteiger partial charge < -0.3 is 5.11 Å². The highest BCUT2D eigenvalue weighted by Gasteiger charge is 2.63. The van der Waals surface area contributed by atoms with Crippen molar-refractivity contribution in [3.05, 3.63) is 91.0 Å². The van der Waals surface area contributed by atoms with E-state index in [-0.39, 0.29) is 0 Å². The lowest BCUT2D eigenvalue weighted by atomic mass is 10.3. The zero-order valence-electron chi connectivity index (χ0n) is 14.5. The Labute approximate surface area is 198 Å². The van der Waals surface area contributed by atoms with E-state index in [0.717, 1.165) is 15.9 Å². The van der Waals surface area contributed by atoms with Gasteiger partial charge in [0.15, 0.2) is 0 Å². The first-order valence-corrected chi connectivity index (χ1v) is 13.3. The Morgan fingerprint density at radius 1 is 0.643 bits per heavy atom. The van der Waals surface area contributed by atoms with Gasteiger partial charge in [-0.05, 0) is 23.2 Å². The molecule has 7 heteroatoms. The van der Waals surface area contributed by atoms with E-state index >= 15 is 0 Å². The third-order valence-corrected chi connectivity index (χ3v) is 17.9. The monoisotopic (exact) mass is 647 g/mol. The second-order valence-electron chi connectivity index (χ2n) is 6.10. The predicted octanol–water partition coefficient (Wildman–Crippen LogP) is 5.99. The van der Waals surface area contributed by atoms with E-state index in [2.05, 4.69) is 100 Å². The third-order valence-electron chi connectivity index (χ3n) is 4.50. The number of aliphatic carboxylic acids is 1. The van der Waals surface area contributed by atoms with Crippen LogP contribution < -0.4 is 15.9 Å². The molecule has 3 rings (SSSR count). The molecule has 1 radical (unpaired) electrons. The van der Waals surface area contributed by atoms with Gasteiger partial charge in [0.1, 0.15) is 2.97 Å². The molecule has 0 aliphatic heterocycles. The number of carboxylic acids is 1. The molecule has 0 saturated heterocycles. The summed E-state index contributed by atoms with van der Waals surface area (Å²) in [4.78, 5) is 12.3. The lowest BCUT2D eigenvalue weighted by Gasteiger charge is -2.51. The molecule has 1 N–H and O–H groups in total. The minimum atomic E-state index is -2.57. The van der Waals surface area contributed by atoms with Crippen LogP contribution in [0.15, 0.2) is 91.0 Å². The molecule has 0 aromatic heterocycles. The van der Waals surface area contributed by atoms with Crippen molar-refractivity contribution in [2.75, 3.05) is 0 Å². The molecule has 0 unspecified atom stereocenters. The Hall–Kier alpha value is -0.520. The number of carbonyl (C=O) groups is 1. The van der Waals surface area contributed by atoms with E-state index in [1.165, 1.54) is 0 Å². The standard InChI is InChI=1S/C21H16Br4O2P/c22-20(23,19(26)27)21(24,25)28(16-10-4-1-5-11-16,17-12-6-2-7-13-17)18-14-8-3-9-15-18/h1-15H,(H,26,27). The van der Waals surface area contributed by atoms with Gasteiger partial charge in [-0.15, -0.1) is 0 Å². The van der Waals surface area contributed by atoms with E-state index in [9.17, 15) is 9.90 Å². The number of rotatable bonds is 6. The molecule has 0 atom stereocenters. The first-order chi connectivity index (χ1) is 13.3. The maximum atomic E-state index is 12.3. The number of carboxylic acid groups (broad SMARTS) is 1. The fourth-order valence-corrected chi connectivity index (χ4v) is 13.1. The van der Waals surface area contributed by atoms with Gasteiger partial charge in [0, 0.05) is 0 Å². The van der Waals surface area contributed by atoms with E-state index < -0.39 is 19.4 Å². The first-order valence-electron chi connectivity index (χ1n) is 8.31. The highest BCUT2D eigenvalue weighted by molar-refractivity contribution is 9.32. The number of halogens is 4. The highest BCUT2D eigenvalue weighted by Crippen LogP contribution is 2.77. The van der Waals surface area contributed by atoms with Crippen molar-refractivity contribution >= 4 is 92.9 Å². The average Bonchev–Trinajstić information content (AvgIpc) is 2.70. The smallest absolute Gasteiger partial charge is 0.334 e. The zero-order chi connectivity index (χ0) is 20.4. The molecule has 3 aromatic rings. The fraction of sp³-hybridized carbons (Fsp3) is 0.0952. The zero-order valence-corrected chi connectivity index (χ0v) is 21.7. The number of hydrogen-bond donors (Lipinski definition) is 1. The van der Waals surface area contributed by atoms with Crippen molar-refractivity contribution in [1.29, 1.82) is 0 Å². The second kappa shape index (κ2) is 8.69. The Balaban J connectivity index is 2.50. The Morgan fingerprint density at radius 3 is 1.18 bits per heavy atom. The SMILES string of the molecule is O=C(O)C(Br)(Br)C(Br)(Br)[P](c1ccccc1)(c1ccccc1)c1ccccc1. The molecule has 0 aliphatic carbocycles. The summed E-state index contributed by atoms with van der Waals surface area (Å²) in [5.74, 6) is -1.03. The molecule has 0 bridgehead atoms. The van der Waals surface area contributed by atoms with Gasteiger partial charge in [0.2, 0.25) is 3.23 Å². The second-order valence-corrected chi connectivity index (χ2v) is 17.8. The van der Waals surface area contributed by atoms with Gasteiger partial charge >= 0.3 is 5.97 Å². The molecule has 0 amide bonds. The molecule has 0 saturated carbocycles. The van der Waals surface area contributed by atoms with Gasteiger partial charge in [-0.25, -0.2) is 4.79 Å². The van der Waals surface area contributed by atoms with Crippen LogP contribution in [0, 0.1) is 0 Å². The maximum Gasteiger partial charge on any atom is 0.334 e. The van der Waals surface area contributed by atoms with Crippen LogP contribution in [0.4, 0.5) is 0 Å². The molecule has 0 spiro atoms. The number of alkyl halides is 4. The van der Waals surface area contributed by atoms with Gasteiger partial charge in [0.05, 0.1) is 0 Å². The van der Waals surface area contributed by atoms with Crippen LogP contribution >= 0.6 is 71.0 Å². The van der Waals surface area contributed by atoms with Crippen molar-refractivity contribution in [2.45, 2.75) is 6.21 Å². The van der Waals surface area contributed by atoms with Crippen molar-refractivity contribution in [3.63, 3.8) is 0 Å². The van der Waals surface area contributed by atoms with Crippen molar-refractivity contribution in [1.82, 2.24) is 0 Å². The predicted molar refractivity (Wildman–Crippen MR) is 134 cm³/mol. The van der Waals surface area contributed by atoms with E-state index in [4.69, 9.17) is 0 Å². The summed E-state index contributed by atoms with van der Waals surface area (Å²) in [5.41, 5.74) is 0. The van der Waals surface area contributed by atoms with E-state index in [0.29, 0.717) is 0 Å². The third kappa shape index (κ3) is 3.56. The molecule has 0 fully saturated rings. The van der Waals surface area contributed by atoms with Crippen molar-refractivity contribution in [2.24, 2.45) is 0 Å². The molecular formula is C21H16Br4O2P. The van der Waals surface area contributed by atoms with Crippen LogP contribution in [0.25, 0.3) is 0 Å². The molecule has 145 valence electrons. The van der Waals surface area contributed by atoms with Gasteiger partial charge in [0.25, 0.3) is 0 Å². The average molecular weight is 651 g/mol. The fourth-order valence-electron chi connectivity index (χ4n) is 3.23. The lowest BCUT2D eigenvalue weighted by molar-refractivity contribution is -0.136. The molecule has 28 heavy (non-hydrogen) atoms. The topological polar surface area (TPSA) is 37.3 Å². The van der Waals surface area contributed by atoms with Crippen LogP contribution in [0.3, 0.4) is 0 Å². The van der Waals surface area contributed by atoms with E-state index in [1.54, 1.807) is 0 Å². The van der Waals surface area contributed by atoms with Gasteiger partial charge in [-0.1, -0.05) is 155 Å². The normalized spacial score (nSPS) is 12.6. The minimum Gasteiger partial charge on any atom is -0.479 e. The summed E-state index contributed by atoms with van der Waals surface area (Å²) in [7, 11) is -2.57. The maximum absolute atomic E-state index is 12.3. The first kappa shape index (κ1) is 22.2. The summed E-state index contributed by atoms with van der Waals surface area (Å²) in [6.45, 7) is 0. The Bertz CT molecular complexity index is 851. The minimum absolute atomic E-state index is 1.03. The summed E-state index contributed by atoms with van der Waals surface area (Å²) in [6.07, 6.45) is 0. The summed E-state index contributed by atoms with van der Waals surface area (Å²) in [6, 6.07) is 30.1. The van der Waals surface area contributed by atoms with Crippen LogP contribution in [0.5, 0.6) is 0 Å². The molecule has 0 aliphatic rings. The Kier molecular flexibility index (Phi) is 6.88. The van der Waals surface area contributed by atoms with Crippen molar-refractivity contribution < 1.29 is 9.90 Å². The molecular weight excluding hydrogens is 635 g/mol. The summed E-state index contributed by atoms with van der Waals surface area (Å²) >= 11 is 14.6. The quantitative estimate of drug-likeness (QED) is 0.263. The van der Waals surface area contributed by atoms with Crippen LogP contribution in [-0.4, -0.2) is 17.3 Å². The summed E-state index contributed by atoms with van der Waals surface area (Å²) < 4.78 is -2.57. The van der Waals surface area contributed by atoms with E-state index in [1.807, 2.05) is 54.6 Å². The molecule has 2 nitrogen and oxygen atoms in total. The largest absolute Gasteiger partial charge is 0.479 e. The molecule has 3 aromatic carbocycles. The number of benzene rings is 3. The highest BCUT2D eigenvalue weighted by atomic mass is 79.9. The van der Waals surface area contributed by atoms with Gasteiger partial charge in [-0.3, -0.25) is 0 Å². The van der Waals surface area contributed by atoms with Crippen LogP contribution in [0.2, 0.25) is 0 Å².